The van der Waals surface area contributed by atoms with E-state index in [1.165, 1.54) is 42.9 Å². The Balaban J connectivity index is 1.66. The summed E-state index contributed by atoms with van der Waals surface area (Å²) in [4.78, 5) is 4.81. The Labute approximate surface area is 115 Å². The molecule has 4 unspecified atom stereocenters. The van der Waals surface area contributed by atoms with Crippen LogP contribution in [0.1, 0.15) is 55.9 Å². The van der Waals surface area contributed by atoms with Gasteiger partial charge in [0, 0.05) is 31.2 Å². The van der Waals surface area contributed by atoms with Gasteiger partial charge >= 0.3 is 0 Å². The van der Waals surface area contributed by atoms with Crippen molar-refractivity contribution in [3.8, 4) is 0 Å². The lowest BCUT2D eigenvalue weighted by Crippen LogP contribution is -2.28. The van der Waals surface area contributed by atoms with E-state index in [-0.39, 0.29) is 0 Å². The van der Waals surface area contributed by atoms with E-state index in [1.807, 2.05) is 0 Å². The first-order valence-corrected chi connectivity index (χ1v) is 8.01. The van der Waals surface area contributed by atoms with Crippen LogP contribution < -0.4 is 5.32 Å². The third-order valence-corrected chi connectivity index (χ3v) is 5.92. The van der Waals surface area contributed by atoms with Crippen LogP contribution in [0.15, 0.2) is 0 Å². The summed E-state index contributed by atoms with van der Waals surface area (Å²) in [5.74, 6) is 4.19. The molecule has 0 amide bonds. The fourth-order valence-electron chi connectivity index (χ4n) is 5.08. The van der Waals surface area contributed by atoms with Crippen LogP contribution in [0.2, 0.25) is 0 Å². The molecule has 4 rings (SSSR count). The van der Waals surface area contributed by atoms with Crippen LogP contribution in [0, 0.1) is 24.7 Å². The number of hydrogen-bond donors (Lipinski definition) is 1. The number of rotatable bonds is 2. The van der Waals surface area contributed by atoms with Crippen molar-refractivity contribution in [3.05, 3.63) is 17.2 Å². The van der Waals surface area contributed by atoms with Crippen molar-refractivity contribution in [2.75, 3.05) is 6.54 Å². The van der Waals surface area contributed by atoms with Gasteiger partial charge in [0.2, 0.25) is 0 Å². The molecule has 2 saturated carbocycles. The Hall–Kier alpha value is -0.830. The number of aromatic nitrogens is 2. The molecule has 2 heterocycles. The van der Waals surface area contributed by atoms with Crippen LogP contribution in [-0.2, 0) is 13.0 Å². The summed E-state index contributed by atoms with van der Waals surface area (Å²) < 4.78 is 2.58. The van der Waals surface area contributed by atoms with Gasteiger partial charge in [0.25, 0.3) is 0 Å². The minimum absolute atomic E-state index is 0.657. The van der Waals surface area contributed by atoms with Gasteiger partial charge in [-0.15, -0.1) is 0 Å². The van der Waals surface area contributed by atoms with Crippen molar-refractivity contribution in [1.29, 1.82) is 0 Å². The Bertz CT molecular complexity index is 490. The van der Waals surface area contributed by atoms with Crippen molar-refractivity contribution in [3.63, 3.8) is 0 Å². The zero-order valence-corrected chi connectivity index (χ0v) is 12.2. The Morgan fingerprint density at radius 1 is 1.32 bits per heavy atom. The molecule has 0 spiro atoms. The monoisotopic (exact) mass is 259 g/mol. The van der Waals surface area contributed by atoms with Crippen molar-refractivity contribution >= 4 is 0 Å². The van der Waals surface area contributed by atoms with Crippen molar-refractivity contribution < 1.29 is 0 Å². The molecule has 3 aliphatic rings. The van der Waals surface area contributed by atoms with E-state index >= 15 is 0 Å². The highest BCUT2D eigenvalue weighted by Crippen LogP contribution is 2.52. The van der Waals surface area contributed by atoms with Gasteiger partial charge in [0.05, 0.1) is 5.69 Å². The van der Waals surface area contributed by atoms with Crippen LogP contribution in [0.4, 0.5) is 0 Å². The quantitative estimate of drug-likeness (QED) is 0.885. The Morgan fingerprint density at radius 3 is 2.95 bits per heavy atom. The molecule has 1 aromatic heterocycles. The van der Waals surface area contributed by atoms with E-state index in [0.29, 0.717) is 6.04 Å². The molecule has 19 heavy (non-hydrogen) atoms. The molecule has 1 aliphatic heterocycles. The highest BCUT2D eigenvalue weighted by atomic mass is 15.1. The lowest BCUT2D eigenvalue weighted by atomic mass is 9.83. The van der Waals surface area contributed by atoms with E-state index in [0.717, 1.165) is 37.3 Å². The number of nitrogens with zero attached hydrogens (tertiary/aromatic N) is 2. The lowest BCUT2D eigenvalue weighted by Gasteiger charge is -2.31. The predicted molar refractivity (Wildman–Crippen MR) is 76.0 cm³/mol. The molecule has 1 N–H and O–H groups in total. The average molecular weight is 259 g/mol. The summed E-state index contributed by atoms with van der Waals surface area (Å²) in [6.07, 6.45) is 7.11. The van der Waals surface area contributed by atoms with Crippen LogP contribution in [-0.4, -0.2) is 16.1 Å². The largest absolute Gasteiger partial charge is 0.329 e. The fraction of sp³-hybridized carbons (Fsp3) is 0.812. The maximum atomic E-state index is 4.81. The molecule has 2 bridgehead atoms. The van der Waals surface area contributed by atoms with Crippen molar-refractivity contribution in [2.45, 2.75) is 58.5 Å². The summed E-state index contributed by atoms with van der Waals surface area (Å²) in [6.45, 7) is 6.72. The van der Waals surface area contributed by atoms with Crippen LogP contribution >= 0.6 is 0 Å². The van der Waals surface area contributed by atoms with Crippen LogP contribution in [0.25, 0.3) is 0 Å². The molecule has 0 saturated heterocycles. The summed E-state index contributed by atoms with van der Waals surface area (Å²) in [5.41, 5.74) is 2.82. The third-order valence-electron chi connectivity index (χ3n) is 5.92. The number of fused-ring (bicyclic) bond motifs is 3. The lowest BCUT2D eigenvalue weighted by molar-refractivity contribution is 0.236. The molecule has 3 heteroatoms. The Kier molecular flexibility index (Phi) is 2.73. The summed E-state index contributed by atoms with van der Waals surface area (Å²) in [7, 11) is 0. The Morgan fingerprint density at radius 2 is 2.21 bits per heavy atom. The van der Waals surface area contributed by atoms with Crippen LogP contribution in [0.5, 0.6) is 0 Å². The van der Waals surface area contributed by atoms with E-state index < -0.39 is 0 Å². The summed E-state index contributed by atoms with van der Waals surface area (Å²) in [6, 6.07) is 0.657. The maximum absolute atomic E-state index is 4.81. The molecule has 4 atom stereocenters. The summed E-state index contributed by atoms with van der Waals surface area (Å²) in [5, 5.41) is 3.44. The number of imidazole rings is 1. The molecule has 3 nitrogen and oxygen atoms in total. The van der Waals surface area contributed by atoms with Crippen molar-refractivity contribution in [2.24, 2.45) is 17.8 Å². The van der Waals surface area contributed by atoms with Gasteiger partial charge in [-0.25, -0.2) is 4.98 Å². The van der Waals surface area contributed by atoms with Gasteiger partial charge in [0.1, 0.15) is 5.82 Å². The SMILES string of the molecule is Cc1nc2c(n1C(C)C1CC3CCC1C3)CCNC2. The molecule has 2 aliphatic carbocycles. The number of nitrogens with one attached hydrogen (secondary N) is 1. The van der Waals surface area contributed by atoms with E-state index in [4.69, 9.17) is 4.98 Å². The number of hydrogen-bond acceptors (Lipinski definition) is 2. The first kappa shape index (κ1) is 12.0. The molecule has 1 aromatic rings. The van der Waals surface area contributed by atoms with Gasteiger partial charge in [-0.1, -0.05) is 6.42 Å². The van der Waals surface area contributed by atoms with E-state index in [2.05, 4.69) is 23.7 Å². The second-order valence-corrected chi connectivity index (χ2v) is 6.93. The highest BCUT2D eigenvalue weighted by Gasteiger charge is 2.43. The zero-order valence-electron chi connectivity index (χ0n) is 12.2. The number of aryl methyl sites for hydroxylation is 1. The van der Waals surface area contributed by atoms with E-state index in [9.17, 15) is 0 Å². The van der Waals surface area contributed by atoms with Gasteiger partial charge < -0.3 is 9.88 Å². The summed E-state index contributed by atoms with van der Waals surface area (Å²) >= 11 is 0. The second kappa shape index (κ2) is 4.34. The molecule has 104 valence electrons. The minimum Gasteiger partial charge on any atom is -0.329 e. The topological polar surface area (TPSA) is 29.9 Å². The van der Waals surface area contributed by atoms with Gasteiger partial charge in [-0.3, -0.25) is 0 Å². The van der Waals surface area contributed by atoms with Gasteiger partial charge in [0.15, 0.2) is 0 Å². The van der Waals surface area contributed by atoms with Crippen molar-refractivity contribution in [1.82, 2.24) is 14.9 Å². The third kappa shape index (κ3) is 1.78. The first-order valence-electron chi connectivity index (χ1n) is 8.01. The fourth-order valence-corrected chi connectivity index (χ4v) is 5.08. The second-order valence-electron chi connectivity index (χ2n) is 6.93. The predicted octanol–water partition coefficient (Wildman–Crippen LogP) is 2.83. The standard InChI is InChI=1S/C16H25N3/c1-10(14-8-12-3-4-13(14)7-12)19-11(2)18-15-9-17-6-5-16(15)19/h10,12-14,17H,3-9H2,1-2H3. The molecule has 0 radical (unpaired) electrons. The average Bonchev–Trinajstić information content (AvgIpc) is 3.10. The zero-order chi connectivity index (χ0) is 13.0. The normalized spacial score (nSPS) is 34.5. The first-order chi connectivity index (χ1) is 9.24. The smallest absolute Gasteiger partial charge is 0.106 e. The van der Waals surface area contributed by atoms with Gasteiger partial charge in [-0.2, -0.15) is 0 Å². The minimum atomic E-state index is 0.657. The molecular weight excluding hydrogens is 234 g/mol. The molecular formula is C16H25N3. The van der Waals surface area contributed by atoms with Gasteiger partial charge in [-0.05, 0) is 50.9 Å². The molecule has 0 aromatic carbocycles. The van der Waals surface area contributed by atoms with Crippen LogP contribution in [0.3, 0.4) is 0 Å². The maximum Gasteiger partial charge on any atom is 0.106 e. The van der Waals surface area contributed by atoms with E-state index in [1.54, 1.807) is 0 Å². The highest BCUT2D eigenvalue weighted by molar-refractivity contribution is 5.21. The molecule has 2 fully saturated rings.